The molecule has 0 amide bonds. The van der Waals surface area contributed by atoms with Crippen molar-refractivity contribution in [3.05, 3.63) is 24.3 Å². The molecule has 0 saturated carbocycles. The van der Waals surface area contributed by atoms with Crippen molar-refractivity contribution < 1.29 is 13.9 Å². The molecule has 7 heteroatoms. The number of anilines is 1. The Labute approximate surface area is 140 Å². The summed E-state index contributed by atoms with van der Waals surface area (Å²) in [5, 5.41) is 0.713. The fourth-order valence-electron chi connectivity index (χ4n) is 3.74. The summed E-state index contributed by atoms with van der Waals surface area (Å²) in [6.45, 7) is 3.35. The van der Waals surface area contributed by atoms with Gasteiger partial charge >= 0.3 is 0 Å². The zero-order valence-electron chi connectivity index (χ0n) is 13.9. The van der Waals surface area contributed by atoms with Crippen LogP contribution in [0.25, 0.3) is 10.9 Å². The first-order valence-corrected chi connectivity index (χ1v) is 8.23. The quantitative estimate of drug-likeness (QED) is 0.834. The van der Waals surface area contributed by atoms with Crippen molar-refractivity contribution in [2.75, 3.05) is 45.3 Å². The van der Waals surface area contributed by atoms with Gasteiger partial charge in [-0.3, -0.25) is 0 Å². The molecule has 24 heavy (non-hydrogen) atoms. The molecule has 2 aromatic rings. The summed E-state index contributed by atoms with van der Waals surface area (Å²) < 4.78 is 25.6. The van der Waals surface area contributed by atoms with E-state index >= 15 is 0 Å². The smallest absolute Gasteiger partial charge is 0.191 e. The minimum Gasteiger partial charge on any atom is -0.494 e. The molecular weight excluding hydrogens is 311 g/mol. The number of likely N-dealkylation sites (N-methyl/N-ethyl adjacent to an activating group) is 1. The Morgan fingerprint density at radius 3 is 3.00 bits per heavy atom. The highest BCUT2D eigenvalue weighted by molar-refractivity contribution is 5.91. The highest BCUT2D eigenvalue weighted by Crippen LogP contribution is 2.33. The molecule has 1 aromatic carbocycles. The van der Waals surface area contributed by atoms with Crippen molar-refractivity contribution in [2.45, 2.75) is 18.6 Å². The maximum atomic E-state index is 14.5. The summed E-state index contributed by atoms with van der Waals surface area (Å²) in [7, 11) is 3.57. The first-order chi connectivity index (χ1) is 11.7. The molecule has 0 unspecified atom stereocenters. The molecule has 3 heterocycles. The molecule has 0 bridgehead atoms. The summed E-state index contributed by atoms with van der Waals surface area (Å²) in [4.78, 5) is 13.2. The van der Waals surface area contributed by atoms with Crippen LogP contribution < -0.4 is 9.64 Å². The monoisotopic (exact) mass is 332 g/mol. The molecule has 0 spiro atoms. The van der Waals surface area contributed by atoms with Gasteiger partial charge in [-0.15, -0.1) is 0 Å². The van der Waals surface area contributed by atoms with Crippen LogP contribution in [0.3, 0.4) is 0 Å². The fourth-order valence-corrected chi connectivity index (χ4v) is 3.74. The highest BCUT2D eigenvalue weighted by Gasteiger charge is 2.37. The molecule has 128 valence electrons. The van der Waals surface area contributed by atoms with E-state index in [1.54, 1.807) is 6.07 Å². The van der Waals surface area contributed by atoms with Crippen molar-refractivity contribution >= 4 is 16.7 Å². The third kappa shape index (κ3) is 2.48. The molecule has 2 fully saturated rings. The maximum Gasteiger partial charge on any atom is 0.191 e. The second-order valence-electron chi connectivity index (χ2n) is 6.40. The standard InChI is InChI=1S/C17H21FN4O2/c1-21-6-5-13-12(9-21)22(7-8-24-13)17-11-3-4-14(23-2)15(18)16(11)19-10-20-17/h3-4,10,12-13H,5-9H2,1-2H3/t12-,13-/m0/s1. The maximum absolute atomic E-state index is 14.5. The van der Waals surface area contributed by atoms with Gasteiger partial charge in [0, 0.05) is 25.0 Å². The molecule has 0 N–H and O–H groups in total. The lowest BCUT2D eigenvalue weighted by Crippen LogP contribution is -2.59. The van der Waals surface area contributed by atoms with Crippen molar-refractivity contribution in [1.82, 2.24) is 14.9 Å². The Kier molecular flexibility index (Phi) is 3.97. The number of halogens is 1. The van der Waals surface area contributed by atoms with Gasteiger partial charge in [0.2, 0.25) is 0 Å². The van der Waals surface area contributed by atoms with Gasteiger partial charge in [0.15, 0.2) is 11.6 Å². The Bertz CT molecular complexity index is 757. The number of hydrogen-bond donors (Lipinski definition) is 0. The number of ether oxygens (including phenoxy) is 2. The summed E-state index contributed by atoms with van der Waals surface area (Å²) >= 11 is 0. The number of rotatable bonds is 2. The van der Waals surface area contributed by atoms with Gasteiger partial charge in [-0.1, -0.05) is 0 Å². The van der Waals surface area contributed by atoms with Crippen molar-refractivity contribution in [1.29, 1.82) is 0 Å². The van der Waals surface area contributed by atoms with Crippen LogP contribution in [-0.2, 0) is 4.74 Å². The number of aromatic nitrogens is 2. The van der Waals surface area contributed by atoms with E-state index < -0.39 is 5.82 Å². The molecule has 2 aliphatic rings. The number of fused-ring (bicyclic) bond motifs is 2. The number of benzene rings is 1. The summed E-state index contributed by atoms with van der Waals surface area (Å²) in [5.41, 5.74) is 0.298. The van der Waals surface area contributed by atoms with E-state index in [0.29, 0.717) is 17.5 Å². The Morgan fingerprint density at radius 1 is 1.29 bits per heavy atom. The fraction of sp³-hybridized carbons (Fsp3) is 0.529. The van der Waals surface area contributed by atoms with Crippen LogP contribution in [-0.4, -0.2) is 67.4 Å². The number of piperidine rings is 1. The summed E-state index contributed by atoms with van der Waals surface area (Å²) in [5.74, 6) is 0.531. The van der Waals surface area contributed by atoms with Gasteiger partial charge < -0.3 is 19.3 Å². The van der Waals surface area contributed by atoms with Crippen LogP contribution in [0.1, 0.15) is 6.42 Å². The van der Waals surface area contributed by atoms with Crippen LogP contribution in [0, 0.1) is 5.82 Å². The zero-order chi connectivity index (χ0) is 16.7. The van der Waals surface area contributed by atoms with Gasteiger partial charge in [0.1, 0.15) is 17.7 Å². The molecular formula is C17H21FN4O2. The van der Waals surface area contributed by atoms with Crippen LogP contribution >= 0.6 is 0 Å². The van der Waals surface area contributed by atoms with Gasteiger partial charge in [0.25, 0.3) is 0 Å². The van der Waals surface area contributed by atoms with E-state index in [-0.39, 0.29) is 17.9 Å². The SMILES string of the molecule is COc1ccc2c(N3CCO[C@H]4CCN(C)C[C@@H]43)ncnc2c1F. The second kappa shape index (κ2) is 6.14. The van der Waals surface area contributed by atoms with E-state index in [1.165, 1.54) is 13.4 Å². The molecule has 1 aromatic heterocycles. The van der Waals surface area contributed by atoms with Crippen molar-refractivity contribution in [2.24, 2.45) is 0 Å². The van der Waals surface area contributed by atoms with E-state index in [1.807, 2.05) is 6.07 Å². The Hall–Kier alpha value is -1.99. The molecule has 6 nitrogen and oxygen atoms in total. The van der Waals surface area contributed by atoms with Crippen LogP contribution in [0.2, 0.25) is 0 Å². The lowest BCUT2D eigenvalue weighted by Gasteiger charge is -2.47. The van der Waals surface area contributed by atoms with Crippen molar-refractivity contribution in [3.8, 4) is 5.75 Å². The predicted octanol–water partition coefficient (Wildman–Crippen LogP) is 1.69. The minimum absolute atomic E-state index is 0.197. The predicted molar refractivity (Wildman–Crippen MR) is 89.0 cm³/mol. The zero-order valence-corrected chi connectivity index (χ0v) is 13.9. The lowest BCUT2D eigenvalue weighted by molar-refractivity contribution is -0.0244. The van der Waals surface area contributed by atoms with E-state index in [9.17, 15) is 4.39 Å². The second-order valence-corrected chi connectivity index (χ2v) is 6.40. The molecule has 2 aliphatic heterocycles. The molecule has 4 rings (SSSR count). The minimum atomic E-state index is -0.441. The number of hydrogen-bond acceptors (Lipinski definition) is 6. The van der Waals surface area contributed by atoms with Crippen LogP contribution in [0.15, 0.2) is 18.5 Å². The Morgan fingerprint density at radius 2 is 2.17 bits per heavy atom. The largest absolute Gasteiger partial charge is 0.494 e. The Balaban J connectivity index is 1.79. The van der Waals surface area contributed by atoms with Gasteiger partial charge in [-0.2, -0.15) is 0 Å². The third-order valence-electron chi connectivity index (χ3n) is 4.97. The first kappa shape index (κ1) is 15.5. The van der Waals surface area contributed by atoms with Crippen molar-refractivity contribution in [3.63, 3.8) is 0 Å². The number of morpholine rings is 1. The van der Waals surface area contributed by atoms with E-state index in [4.69, 9.17) is 9.47 Å². The van der Waals surface area contributed by atoms with Crippen LogP contribution in [0.5, 0.6) is 5.75 Å². The number of likely N-dealkylation sites (tertiary alicyclic amines) is 1. The van der Waals surface area contributed by atoms with Gasteiger partial charge in [0.05, 0.1) is 25.9 Å². The number of nitrogens with zero attached hydrogens (tertiary/aromatic N) is 4. The van der Waals surface area contributed by atoms with E-state index in [0.717, 1.165) is 31.9 Å². The average Bonchev–Trinajstić information content (AvgIpc) is 2.61. The van der Waals surface area contributed by atoms with Crippen LogP contribution in [0.4, 0.5) is 10.2 Å². The van der Waals surface area contributed by atoms with Gasteiger partial charge in [-0.25, -0.2) is 14.4 Å². The number of methoxy groups -OCH3 is 1. The topological polar surface area (TPSA) is 50.7 Å². The summed E-state index contributed by atoms with van der Waals surface area (Å²) in [6, 6.07) is 3.69. The lowest BCUT2D eigenvalue weighted by atomic mass is 9.98. The molecule has 0 aliphatic carbocycles. The third-order valence-corrected chi connectivity index (χ3v) is 4.97. The van der Waals surface area contributed by atoms with E-state index in [2.05, 4.69) is 26.8 Å². The molecule has 2 saturated heterocycles. The normalized spacial score (nSPS) is 24.9. The highest BCUT2D eigenvalue weighted by atomic mass is 19.1. The average molecular weight is 332 g/mol. The first-order valence-electron chi connectivity index (χ1n) is 8.23. The van der Waals surface area contributed by atoms with Gasteiger partial charge in [-0.05, 0) is 25.6 Å². The summed E-state index contributed by atoms with van der Waals surface area (Å²) in [6.07, 6.45) is 2.63. The molecule has 0 radical (unpaired) electrons. The molecule has 2 atom stereocenters.